The number of aromatic nitrogens is 4. The van der Waals surface area contributed by atoms with Gasteiger partial charge in [0.05, 0.1) is 35.6 Å². The molecule has 0 saturated carbocycles. The Labute approximate surface area is 190 Å². The van der Waals surface area contributed by atoms with Crippen molar-refractivity contribution in [1.82, 2.24) is 19.7 Å². The number of nitriles is 1. The van der Waals surface area contributed by atoms with Crippen LogP contribution < -0.4 is 10.1 Å². The minimum Gasteiger partial charge on any atom is -0.489 e. The van der Waals surface area contributed by atoms with Gasteiger partial charge in [0.1, 0.15) is 12.3 Å². The molecule has 1 fully saturated rings. The highest BCUT2D eigenvalue weighted by atomic mass is 19.1. The Hall–Kier alpha value is -3.58. The van der Waals surface area contributed by atoms with Crippen molar-refractivity contribution in [1.29, 1.82) is 5.26 Å². The Morgan fingerprint density at radius 2 is 2.03 bits per heavy atom. The van der Waals surface area contributed by atoms with Gasteiger partial charge in [0.15, 0.2) is 17.4 Å². The molecule has 0 radical (unpaired) electrons. The zero-order valence-corrected chi connectivity index (χ0v) is 18.4. The lowest BCUT2D eigenvalue weighted by Gasteiger charge is -2.22. The highest BCUT2D eigenvalue weighted by Crippen LogP contribution is 2.29. The number of ether oxygens (including phenoxy) is 2. The number of benzene rings is 1. The summed E-state index contributed by atoms with van der Waals surface area (Å²) in [4.78, 5) is 8.21. The minimum absolute atomic E-state index is 0.0181. The molecule has 1 saturated heterocycles. The summed E-state index contributed by atoms with van der Waals surface area (Å²) in [6, 6.07) is 6.40. The Morgan fingerprint density at radius 1 is 1.24 bits per heavy atom. The molecule has 3 heterocycles. The first-order valence-corrected chi connectivity index (χ1v) is 10.6. The summed E-state index contributed by atoms with van der Waals surface area (Å²) in [5.74, 6) is -1.21. The van der Waals surface area contributed by atoms with E-state index < -0.39 is 17.0 Å². The number of anilines is 2. The van der Waals surface area contributed by atoms with Crippen molar-refractivity contribution in [3.63, 3.8) is 0 Å². The molecule has 0 aliphatic carbocycles. The van der Waals surface area contributed by atoms with E-state index in [1.54, 1.807) is 20.0 Å². The molecule has 8 nitrogen and oxygen atoms in total. The van der Waals surface area contributed by atoms with Crippen LogP contribution in [0.3, 0.4) is 0 Å². The van der Waals surface area contributed by atoms with Crippen molar-refractivity contribution in [2.24, 2.45) is 5.41 Å². The zero-order valence-electron chi connectivity index (χ0n) is 18.4. The van der Waals surface area contributed by atoms with Gasteiger partial charge in [-0.25, -0.2) is 18.7 Å². The van der Waals surface area contributed by atoms with Gasteiger partial charge >= 0.3 is 0 Å². The number of hydrogen-bond donors (Lipinski definition) is 1. The quantitative estimate of drug-likeness (QED) is 0.555. The summed E-state index contributed by atoms with van der Waals surface area (Å²) in [6.07, 6.45) is 6.30. The van der Waals surface area contributed by atoms with E-state index in [1.165, 1.54) is 12.1 Å². The zero-order chi connectivity index (χ0) is 23.4. The maximum absolute atomic E-state index is 14.6. The number of nitrogens with one attached hydrogen (secondary N) is 1. The summed E-state index contributed by atoms with van der Waals surface area (Å²) in [5, 5.41) is 16.5. The molecular formula is C23H24F2N6O2. The normalized spacial score (nSPS) is 14.6. The van der Waals surface area contributed by atoms with Gasteiger partial charge in [0.2, 0.25) is 5.95 Å². The predicted molar refractivity (Wildman–Crippen MR) is 117 cm³/mol. The molecule has 1 aromatic carbocycles. The third-order valence-electron chi connectivity index (χ3n) is 5.26. The molecule has 1 aliphatic heterocycles. The minimum atomic E-state index is -0.761. The predicted octanol–water partition coefficient (Wildman–Crippen LogP) is 4.64. The van der Waals surface area contributed by atoms with Crippen molar-refractivity contribution < 1.29 is 18.3 Å². The van der Waals surface area contributed by atoms with E-state index in [0.29, 0.717) is 18.9 Å². The highest BCUT2D eigenvalue weighted by Gasteiger charge is 2.20. The van der Waals surface area contributed by atoms with E-state index in [1.807, 2.05) is 10.9 Å². The molecule has 10 heteroatoms. The Balaban J connectivity index is 1.50. The van der Waals surface area contributed by atoms with E-state index in [4.69, 9.17) is 14.7 Å². The molecule has 0 unspecified atom stereocenters. The summed E-state index contributed by atoms with van der Waals surface area (Å²) in [5.41, 5.74) is 0.0877. The van der Waals surface area contributed by atoms with E-state index in [2.05, 4.69) is 26.5 Å². The summed E-state index contributed by atoms with van der Waals surface area (Å²) >= 11 is 0. The van der Waals surface area contributed by atoms with Gasteiger partial charge in [-0.3, -0.25) is 4.68 Å². The fourth-order valence-corrected chi connectivity index (χ4v) is 3.37. The lowest BCUT2D eigenvalue weighted by atomic mass is 9.98. The highest BCUT2D eigenvalue weighted by molar-refractivity contribution is 5.63. The maximum atomic E-state index is 14.6. The SMILES string of the molecule is CC(C)(C#N)COc1ccc(-c2nc(Nc3cnn(C4CCOCC4)c3)ncc2F)cc1F. The van der Waals surface area contributed by atoms with Crippen LogP contribution in [0.2, 0.25) is 0 Å². The van der Waals surface area contributed by atoms with Gasteiger partial charge in [0.25, 0.3) is 0 Å². The number of nitrogens with zero attached hydrogens (tertiary/aromatic N) is 5. The summed E-state index contributed by atoms with van der Waals surface area (Å²) in [7, 11) is 0. The van der Waals surface area contributed by atoms with Crippen LogP contribution in [0.5, 0.6) is 5.75 Å². The molecule has 3 aromatic rings. The van der Waals surface area contributed by atoms with Crippen LogP contribution in [-0.2, 0) is 4.74 Å². The van der Waals surface area contributed by atoms with Crippen molar-refractivity contribution >= 4 is 11.6 Å². The largest absolute Gasteiger partial charge is 0.489 e. The van der Waals surface area contributed by atoms with Crippen molar-refractivity contribution in [3.05, 3.63) is 48.4 Å². The van der Waals surface area contributed by atoms with Crippen LogP contribution in [0.1, 0.15) is 32.7 Å². The van der Waals surface area contributed by atoms with Crippen LogP contribution in [0.25, 0.3) is 11.3 Å². The molecule has 2 aromatic heterocycles. The fraction of sp³-hybridized carbons (Fsp3) is 0.391. The fourth-order valence-electron chi connectivity index (χ4n) is 3.37. The summed E-state index contributed by atoms with van der Waals surface area (Å²) in [6.45, 7) is 4.81. The second-order valence-corrected chi connectivity index (χ2v) is 8.50. The van der Waals surface area contributed by atoms with Crippen molar-refractivity contribution in [2.75, 3.05) is 25.1 Å². The van der Waals surface area contributed by atoms with Gasteiger partial charge < -0.3 is 14.8 Å². The molecule has 172 valence electrons. The Morgan fingerprint density at radius 3 is 2.76 bits per heavy atom. The molecule has 0 bridgehead atoms. The molecule has 1 aliphatic rings. The lowest BCUT2D eigenvalue weighted by molar-refractivity contribution is 0.0662. The second-order valence-electron chi connectivity index (χ2n) is 8.50. The van der Waals surface area contributed by atoms with Crippen LogP contribution in [0.4, 0.5) is 20.4 Å². The monoisotopic (exact) mass is 454 g/mol. The van der Waals surface area contributed by atoms with E-state index in [0.717, 1.165) is 25.1 Å². The first-order chi connectivity index (χ1) is 15.8. The molecule has 0 spiro atoms. The number of hydrogen-bond acceptors (Lipinski definition) is 7. The van der Waals surface area contributed by atoms with Gasteiger partial charge in [-0.15, -0.1) is 0 Å². The van der Waals surface area contributed by atoms with Gasteiger partial charge in [0, 0.05) is 25.0 Å². The molecule has 1 N–H and O–H groups in total. The summed E-state index contributed by atoms with van der Waals surface area (Å²) < 4.78 is 41.7. The topological polar surface area (TPSA) is 97.9 Å². The third kappa shape index (κ3) is 5.43. The standard InChI is InChI=1S/C23H24F2N6O2/c1-23(2,13-26)14-33-20-4-3-15(9-18(20)24)21-19(25)11-27-22(30-21)29-16-10-28-31(12-16)17-5-7-32-8-6-17/h3-4,9-12,17H,5-8,14H2,1-2H3,(H,27,29,30). The third-order valence-corrected chi connectivity index (χ3v) is 5.26. The molecule has 4 rings (SSSR count). The average Bonchev–Trinajstić information content (AvgIpc) is 3.28. The number of rotatable bonds is 7. The lowest BCUT2D eigenvalue weighted by Crippen LogP contribution is -2.19. The number of halogens is 2. The van der Waals surface area contributed by atoms with Crippen molar-refractivity contribution in [2.45, 2.75) is 32.7 Å². The van der Waals surface area contributed by atoms with Crippen LogP contribution >= 0.6 is 0 Å². The van der Waals surface area contributed by atoms with Gasteiger partial charge in [-0.2, -0.15) is 10.4 Å². The molecular weight excluding hydrogens is 430 g/mol. The molecule has 33 heavy (non-hydrogen) atoms. The Bertz CT molecular complexity index is 1170. The maximum Gasteiger partial charge on any atom is 0.228 e. The molecule has 0 atom stereocenters. The second kappa shape index (κ2) is 9.50. The molecule has 0 amide bonds. The van der Waals surface area contributed by atoms with Gasteiger partial charge in [-0.1, -0.05) is 0 Å². The first kappa shape index (κ1) is 22.6. The van der Waals surface area contributed by atoms with Gasteiger partial charge in [-0.05, 0) is 44.9 Å². The Kier molecular flexibility index (Phi) is 6.51. The van der Waals surface area contributed by atoms with Crippen LogP contribution in [-0.4, -0.2) is 39.6 Å². The first-order valence-electron chi connectivity index (χ1n) is 10.6. The smallest absolute Gasteiger partial charge is 0.228 e. The van der Waals surface area contributed by atoms with Crippen LogP contribution in [0.15, 0.2) is 36.8 Å². The van der Waals surface area contributed by atoms with E-state index >= 15 is 0 Å². The van der Waals surface area contributed by atoms with E-state index in [9.17, 15) is 8.78 Å². The average molecular weight is 454 g/mol. The van der Waals surface area contributed by atoms with E-state index in [-0.39, 0.29) is 35.6 Å². The van der Waals surface area contributed by atoms with Crippen LogP contribution in [0, 0.1) is 28.4 Å². The van der Waals surface area contributed by atoms with Crippen molar-refractivity contribution in [3.8, 4) is 23.1 Å².